The second kappa shape index (κ2) is 8.62. The number of benzene rings is 2. The SMILES string of the molecule is COc1cccc(-c2c(C)n(Cc3c(F)cccc3F)c(=O)n([C@@H](C)CN)c2=O)c1. The molecule has 0 spiro atoms. The Morgan fingerprint density at radius 3 is 2.33 bits per heavy atom. The second-order valence-corrected chi connectivity index (χ2v) is 7.02. The third-order valence-electron chi connectivity index (χ3n) is 5.15. The van der Waals surface area contributed by atoms with Crippen LogP contribution in [0.4, 0.5) is 8.78 Å². The van der Waals surface area contributed by atoms with E-state index in [1.165, 1.54) is 17.7 Å². The van der Waals surface area contributed by atoms with Crippen molar-refractivity contribution in [3.63, 3.8) is 0 Å². The number of hydrogen-bond donors (Lipinski definition) is 1. The van der Waals surface area contributed by atoms with Gasteiger partial charge in [0.15, 0.2) is 0 Å². The van der Waals surface area contributed by atoms with Gasteiger partial charge in [-0.1, -0.05) is 18.2 Å². The quantitative estimate of drug-likeness (QED) is 0.672. The highest BCUT2D eigenvalue weighted by Gasteiger charge is 2.22. The number of methoxy groups -OCH3 is 1. The van der Waals surface area contributed by atoms with Crippen LogP contribution in [-0.2, 0) is 6.54 Å². The van der Waals surface area contributed by atoms with E-state index in [0.29, 0.717) is 17.0 Å². The van der Waals surface area contributed by atoms with Crippen molar-refractivity contribution in [2.45, 2.75) is 26.4 Å². The number of aromatic nitrogens is 2. The summed E-state index contributed by atoms with van der Waals surface area (Å²) in [6, 6.07) is 9.72. The summed E-state index contributed by atoms with van der Waals surface area (Å²) in [7, 11) is 1.50. The van der Waals surface area contributed by atoms with Crippen LogP contribution in [0.25, 0.3) is 11.1 Å². The van der Waals surface area contributed by atoms with Gasteiger partial charge in [-0.05, 0) is 43.7 Å². The minimum atomic E-state index is -0.770. The van der Waals surface area contributed by atoms with Crippen molar-refractivity contribution in [1.82, 2.24) is 9.13 Å². The first-order chi connectivity index (χ1) is 14.3. The maximum atomic E-state index is 14.3. The molecular weight excluding hydrogens is 392 g/mol. The number of ether oxygens (including phenoxy) is 1. The molecule has 3 rings (SSSR count). The smallest absolute Gasteiger partial charge is 0.331 e. The molecule has 0 fully saturated rings. The van der Waals surface area contributed by atoms with E-state index in [-0.39, 0.29) is 24.2 Å². The van der Waals surface area contributed by atoms with Gasteiger partial charge in [-0.15, -0.1) is 0 Å². The Balaban J connectivity index is 2.34. The van der Waals surface area contributed by atoms with Crippen LogP contribution >= 0.6 is 0 Å². The van der Waals surface area contributed by atoms with E-state index in [1.807, 2.05) is 0 Å². The van der Waals surface area contributed by atoms with E-state index in [9.17, 15) is 18.4 Å². The fraction of sp³-hybridized carbons (Fsp3) is 0.273. The Morgan fingerprint density at radius 2 is 1.73 bits per heavy atom. The minimum absolute atomic E-state index is 0.0455. The number of halogens is 2. The molecule has 1 atom stereocenters. The summed E-state index contributed by atoms with van der Waals surface area (Å²) in [6.45, 7) is 2.90. The maximum Gasteiger partial charge on any atom is 0.331 e. The van der Waals surface area contributed by atoms with Crippen molar-refractivity contribution < 1.29 is 13.5 Å². The van der Waals surface area contributed by atoms with E-state index >= 15 is 0 Å². The van der Waals surface area contributed by atoms with Gasteiger partial charge in [0, 0.05) is 17.8 Å². The molecule has 0 aliphatic heterocycles. The van der Waals surface area contributed by atoms with Gasteiger partial charge in [0.1, 0.15) is 17.4 Å². The van der Waals surface area contributed by atoms with Crippen molar-refractivity contribution in [2.75, 3.05) is 13.7 Å². The summed E-state index contributed by atoms with van der Waals surface area (Å²) in [5.41, 5.74) is 5.32. The van der Waals surface area contributed by atoms with Crippen LogP contribution in [0, 0.1) is 18.6 Å². The molecule has 3 aromatic rings. The van der Waals surface area contributed by atoms with Crippen molar-refractivity contribution in [3.05, 3.63) is 86.2 Å². The molecule has 1 aromatic heterocycles. The summed E-state index contributed by atoms with van der Waals surface area (Å²) in [6.07, 6.45) is 0. The zero-order chi connectivity index (χ0) is 22.0. The standard InChI is InChI=1S/C22H23F2N3O3/c1-13(11-25)27-21(28)20(15-6-4-7-16(10-15)30-3)14(2)26(22(27)29)12-17-18(23)8-5-9-19(17)24/h4-10,13H,11-12,25H2,1-3H3/t13-/m0/s1. The van der Waals surface area contributed by atoms with Crippen LogP contribution < -0.4 is 21.7 Å². The molecule has 0 unspecified atom stereocenters. The molecule has 2 aromatic carbocycles. The first-order valence-corrected chi connectivity index (χ1v) is 9.43. The lowest BCUT2D eigenvalue weighted by molar-refractivity contribution is 0.415. The molecule has 0 amide bonds. The number of nitrogens with zero attached hydrogens (tertiary/aromatic N) is 2. The Labute approximate surface area is 172 Å². The van der Waals surface area contributed by atoms with Gasteiger partial charge in [-0.2, -0.15) is 0 Å². The van der Waals surface area contributed by atoms with Gasteiger partial charge in [0.25, 0.3) is 5.56 Å². The van der Waals surface area contributed by atoms with Crippen LogP contribution in [0.5, 0.6) is 5.75 Å². The van der Waals surface area contributed by atoms with Gasteiger partial charge in [-0.25, -0.2) is 13.6 Å². The van der Waals surface area contributed by atoms with E-state index in [0.717, 1.165) is 16.7 Å². The topological polar surface area (TPSA) is 79.2 Å². The lowest BCUT2D eigenvalue weighted by atomic mass is 10.0. The minimum Gasteiger partial charge on any atom is -0.497 e. The van der Waals surface area contributed by atoms with Crippen LogP contribution in [0.2, 0.25) is 0 Å². The Morgan fingerprint density at radius 1 is 1.10 bits per heavy atom. The molecule has 0 saturated carbocycles. The van der Waals surface area contributed by atoms with Gasteiger partial charge < -0.3 is 10.5 Å². The molecule has 0 aliphatic carbocycles. The molecule has 158 valence electrons. The predicted octanol–water partition coefficient (Wildman–Crippen LogP) is 2.84. The number of rotatable bonds is 6. The van der Waals surface area contributed by atoms with E-state index in [2.05, 4.69) is 0 Å². The lowest BCUT2D eigenvalue weighted by Crippen LogP contribution is -2.45. The third-order valence-corrected chi connectivity index (χ3v) is 5.15. The molecule has 0 saturated heterocycles. The molecule has 0 bridgehead atoms. The summed E-state index contributed by atoms with van der Waals surface area (Å²) >= 11 is 0. The normalized spacial score (nSPS) is 12.1. The van der Waals surface area contributed by atoms with Crippen LogP contribution in [-0.4, -0.2) is 22.8 Å². The van der Waals surface area contributed by atoms with Crippen molar-refractivity contribution in [1.29, 1.82) is 0 Å². The summed E-state index contributed by atoms with van der Waals surface area (Å²) in [4.78, 5) is 26.4. The monoisotopic (exact) mass is 415 g/mol. The summed E-state index contributed by atoms with van der Waals surface area (Å²) in [5, 5.41) is 0. The Hall–Kier alpha value is -3.26. The highest BCUT2D eigenvalue weighted by molar-refractivity contribution is 5.66. The molecule has 6 nitrogen and oxygen atoms in total. The average Bonchev–Trinajstić information content (AvgIpc) is 2.73. The first-order valence-electron chi connectivity index (χ1n) is 9.43. The van der Waals surface area contributed by atoms with Gasteiger partial charge >= 0.3 is 5.69 Å². The molecular formula is C22H23F2N3O3. The predicted molar refractivity (Wildman–Crippen MR) is 111 cm³/mol. The van der Waals surface area contributed by atoms with Crippen molar-refractivity contribution >= 4 is 0 Å². The summed E-state index contributed by atoms with van der Waals surface area (Å²) in [5.74, 6) is -1.01. The molecule has 0 radical (unpaired) electrons. The maximum absolute atomic E-state index is 14.3. The fourth-order valence-corrected chi connectivity index (χ4v) is 3.40. The van der Waals surface area contributed by atoms with Crippen LogP contribution in [0.1, 0.15) is 24.2 Å². The van der Waals surface area contributed by atoms with E-state index in [1.54, 1.807) is 38.1 Å². The van der Waals surface area contributed by atoms with E-state index in [4.69, 9.17) is 10.5 Å². The average molecular weight is 415 g/mol. The van der Waals surface area contributed by atoms with Gasteiger partial charge in [-0.3, -0.25) is 13.9 Å². The highest BCUT2D eigenvalue weighted by atomic mass is 19.1. The van der Waals surface area contributed by atoms with Crippen molar-refractivity contribution in [2.24, 2.45) is 5.73 Å². The zero-order valence-electron chi connectivity index (χ0n) is 17.0. The fourth-order valence-electron chi connectivity index (χ4n) is 3.40. The molecule has 8 heteroatoms. The third kappa shape index (κ3) is 3.78. The van der Waals surface area contributed by atoms with Crippen LogP contribution in [0.15, 0.2) is 52.1 Å². The molecule has 1 heterocycles. The molecule has 30 heavy (non-hydrogen) atoms. The Kier molecular flexibility index (Phi) is 6.17. The van der Waals surface area contributed by atoms with Crippen LogP contribution in [0.3, 0.4) is 0 Å². The number of nitrogens with two attached hydrogens (primary N) is 1. The summed E-state index contributed by atoms with van der Waals surface area (Å²) < 4.78 is 36.0. The van der Waals surface area contributed by atoms with Crippen molar-refractivity contribution in [3.8, 4) is 16.9 Å². The lowest BCUT2D eigenvalue weighted by Gasteiger charge is -2.21. The largest absolute Gasteiger partial charge is 0.497 e. The van der Waals surface area contributed by atoms with Gasteiger partial charge in [0.2, 0.25) is 0 Å². The van der Waals surface area contributed by atoms with Gasteiger partial charge in [0.05, 0.1) is 25.3 Å². The Bertz CT molecular complexity index is 1180. The highest BCUT2D eigenvalue weighted by Crippen LogP contribution is 2.24. The molecule has 2 N–H and O–H groups in total. The zero-order valence-corrected chi connectivity index (χ0v) is 17.0. The molecule has 0 aliphatic rings. The van der Waals surface area contributed by atoms with E-state index < -0.39 is 28.9 Å². The first kappa shape index (κ1) is 21.4. The number of hydrogen-bond acceptors (Lipinski definition) is 4. The second-order valence-electron chi connectivity index (χ2n) is 7.02.